The van der Waals surface area contributed by atoms with Gasteiger partial charge in [-0.2, -0.15) is 13.2 Å². The van der Waals surface area contributed by atoms with E-state index in [0.717, 1.165) is 6.54 Å². The number of alkyl halides is 3. The fourth-order valence-electron chi connectivity index (χ4n) is 1.57. The van der Waals surface area contributed by atoms with E-state index < -0.39 is 22.6 Å². The molecule has 0 bridgehead atoms. The Hall–Kier alpha value is -1.06. The average Bonchev–Trinajstić information content (AvgIpc) is 2.84. The Balaban J connectivity index is 2.41. The van der Waals surface area contributed by atoms with E-state index in [1.165, 1.54) is 6.07 Å². The topological polar surface area (TPSA) is 71.3 Å². The lowest BCUT2D eigenvalue weighted by Crippen LogP contribution is -2.24. The Morgan fingerprint density at radius 3 is 2.57 bits per heavy atom. The predicted molar refractivity (Wildman–Crippen MR) is 71.2 cm³/mol. The highest BCUT2D eigenvalue weighted by Crippen LogP contribution is 2.22. The van der Waals surface area contributed by atoms with Gasteiger partial charge in [0.05, 0.1) is 6.54 Å². The molecule has 21 heavy (non-hydrogen) atoms. The molecule has 0 aromatic carbocycles. The smallest absolute Gasteiger partial charge is 0.389 e. The van der Waals surface area contributed by atoms with Crippen LogP contribution in [0.3, 0.4) is 0 Å². The molecule has 0 unspecified atom stereocenters. The molecule has 1 aromatic heterocycles. The minimum absolute atomic E-state index is 0.0539. The van der Waals surface area contributed by atoms with Crippen LogP contribution < -0.4 is 10.0 Å². The summed E-state index contributed by atoms with van der Waals surface area (Å²) in [5, 5.41) is 2.76. The first-order chi connectivity index (χ1) is 9.74. The van der Waals surface area contributed by atoms with Crippen molar-refractivity contribution in [2.75, 3.05) is 13.1 Å². The maximum atomic E-state index is 11.9. The summed E-state index contributed by atoms with van der Waals surface area (Å²) < 4.78 is 66.8. The summed E-state index contributed by atoms with van der Waals surface area (Å²) in [4.78, 5) is 0. The normalized spacial score (nSPS) is 12.8. The molecular weight excluding hydrogens is 309 g/mol. The van der Waals surface area contributed by atoms with Crippen molar-refractivity contribution in [1.82, 2.24) is 10.0 Å². The monoisotopic (exact) mass is 328 g/mol. The van der Waals surface area contributed by atoms with E-state index >= 15 is 0 Å². The zero-order chi connectivity index (χ0) is 15.9. The second-order valence-corrected chi connectivity index (χ2v) is 6.17. The van der Waals surface area contributed by atoms with Gasteiger partial charge in [-0.25, -0.2) is 13.1 Å². The number of sulfonamides is 1. The maximum Gasteiger partial charge on any atom is 0.389 e. The maximum absolute atomic E-state index is 11.9. The minimum atomic E-state index is -4.21. The molecule has 1 heterocycles. The molecule has 0 aliphatic rings. The van der Waals surface area contributed by atoms with Gasteiger partial charge in [0.15, 0.2) is 0 Å². The van der Waals surface area contributed by atoms with Crippen LogP contribution in [0.2, 0.25) is 0 Å². The molecule has 5 nitrogen and oxygen atoms in total. The van der Waals surface area contributed by atoms with Crippen LogP contribution in [0.4, 0.5) is 13.2 Å². The number of hydrogen-bond acceptors (Lipinski definition) is 4. The summed E-state index contributed by atoms with van der Waals surface area (Å²) >= 11 is 0. The van der Waals surface area contributed by atoms with E-state index in [4.69, 9.17) is 4.42 Å². The third-order valence-corrected chi connectivity index (χ3v) is 3.96. The number of hydrogen-bond donors (Lipinski definition) is 2. The van der Waals surface area contributed by atoms with Crippen LogP contribution in [0.1, 0.15) is 31.9 Å². The molecule has 0 atom stereocenters. The van der Waals surface area contributed by atoms with Gasteiger partial charge in [-0.3, -0.25) is 0 Å². The first-order valence-electron chi connectivity index (χ1n) is 6.60. The molecule has 0 fully saturated rings. The van der Waals surface area contributed by atoms with E-state index in [-0.39, 0.29) is 24.5 Å². The molecule has 0 saturated carbocycles. The van der Waals surface area contributed by atoms with E-state index in [9.17, 15) is 21.6 Å². The lowest BCUT2D eigenvalue weighted by molar-refractivity contribution is -0.135. The van der Waals surface area contributed by atoms with E-state index in [1.54, 1.807) is 6.07 Å². The number of furan rings is 1. The molecule has 2 N–H and O–H groups in total. The molecular formula is C12H19F3N2O3S. The van der Waals surface area contributed by atoms with Gasteiger partial charge in [0, 0.05) is 13.0 Å². The van der Waals surface area contributed by atoms with Gasteiger partial charge in [0.25, 0.3) is 10.0 Å². The minimum Gasteiger partial charge on any atom is -0.447 e. The summed E-state index contributed by atoms with van der Waals surface area (Å²) in [5.74, 6) is 0.481. The predicted octanol–water partition coefficient (Wildman–Crippen LogP) is 2.40. The Bertz CT molecular complexity index is 526. The van der Waals surface area contributed by atoms with Crippen LogP contribution in [0.15, 0.2) is 21.6 Å². The standard InChI is InChI=1S/C12H19F3N2O3S/c1-2-16-9-10-5-6-11(20-10)21(18,19)17-8-4-3-7-12(13,14)15/h5-6,16-17H,2-4,7-9H2,1H3. The molecule has 1 rings (SSSR count). The summed E-state index contributed by atoms with van der Waals surface area (Å²) in [7, 11) is -3.81. The summed E-state index contributed by atoms with van der Waals surface area (Å²) in [6, 6.07) is 2.87. The van der Waals surface area contributed by atoms with Gasteiger partial charge in [0.2, 0.25) is 5.09 Å². The van der Waals surface area contributed by atoms with Crippen molar-refractivity contribution >= 4 is 10.0 Å². The largest absolute Gasteiger partial charge is 0.447 e. The Labute approximate surface area is 122 Å². The van der Waals surface area contributed by atoms with Crippen molar-refractivity contribution in [1.29, 1.82) is 0 Å². The van der Waals surface area contributed by atoms with E-state index in [2.05, 4.69) is 10.0 Å². The second kappa shape index (κ2) is 7.81. The lowest BCUT2D eigenvalue weighted by Gasteiger charge is -2.06. The molecule has 0 spiro atoms. The van der Waals surface area contributed by atoms with E-state index in [0.29, 0.717) is 12.3 Å². The van der Waals surface area contributed by atoms with Gasteiger partial charge < -0.3 is 9.73 Å². The van der Waals surface area contributed by atoms with Crippen LogP contribution >= 0.6 is 0 Å². The second-order valence-electron chi connectivity index (χ2n) is 4.47. The summed E-state index contributed by atoms with van der Waals surface area (Å²) in [5.41, 5.74) is 0. The number of rotatable bonds is 9. The zero-order valence-electron chi connectivity index (χ0n) is 11.7. The third kappa shape index (κ3) is 6.96. The van der Waals surface area contributed by atoms with Crippen molar-refractivity contribution in [2.24, 2.45) is 0 Å². The molecule has 0 aliphatic heterocycles. The first kappa shape index (κ1) is 18.0. The molecule has 0 aliphatic carbocycles. The van der Waals surface area contributed by atoms with Gasteiger partial charge >= 0.3 is 6.18 Å². The quantitative estimate of drug-likeness (QED) is 0.683. The molecule has 0 saturated heterocycles. The average molecular weight is 328 g/mol. The number of halogens is 3. The van der Waals surface area contributed by atoms with Crippen LogP contribution in [-0.2, 0) is 16.6 Å². The van der Waals surface area contributed by atoms with E-state index in [1.807, 2.05) is 6.92 Å². The zero-order valence-corrected chi connectivity index (χ0v) is 12.5. The van der Waals surface area contributed by atoms with Gasteiger partial charge in [-0.1, -0.05) is 6.92 Å². The molecule has 0 radical (unpaired) electrons. The van der Waals surface area contributed by atoms with Crippen LogP contribution in [0.25, 0.3) is 0 Å². The molecule has 0 amide bonds. The Morgan fingerprint density at radius 1 is 1.24 bits per heavy atom. The number of unbranched alkanes of at least 4 members (excludes halogenated alkanes) is 1. The Kier molecular flexibility index (Phi) is 6.69. The SMILES string of the molecule is CCNCc1ccc(S(=O)(=O)NCCCCC(F)(F)F)o1. The highest BCUT2D eigenvalue weighted by molar-refractivity contribution is 7.89. The van der Waals surface area contributed by atoms with Crippen molar-refractivity contribution < 1.29 is 26.0 Å². The van der Waals surface area contributed by atoms with Gasteiger partial charge in [-0.15, -0.1) is 0 Å². The van der Waals surface area contributed by atoms with Crippen molar-refractivity contribution in [3.05, 3.63) is 17.9 Å². The summed E-state index contributed by atoms with van der Waals surface area (Å²) in [6.07, 6.45) is -5.12. The highest BCUT2D eigenvalue weighted by Gasteiger charge is 2.26. The molecule has 122 valence electrons. The van der Waals surface area contributed by atoms with Gasteiger partial charge in [0.1, 0.15) is 5.76 Å². The molecule has 1 aromatic rings. The third-order valence-electron chi connectivity index (χ3n) is 2.63. The fourth-order valence-corrected chi connectivity index (χ4v) is 2.59. The number of nitrogens with one attached hydrogen (secondary N) is 2. The fraction of sp³-hybridized carbons (Fsp3) is 0.667. The molecule has 9 heteroatoms. The van der Waals surface area contributed by atoms with Crippen LogP contribution in [-0.4, -0.2) is 27.7 Å². The Morgan fingerprint density at radius 2 is 1.95 bits per heavy atom. The van der Waals surface area contributed by atoms with Crippen molar-refractivity contribution in [2.45, 2.75) is 44.0 Å². The lowest BCUT2D eigenvalue weighted by atomic mass is 10.2. The van der Waals surface area contributed by atoms with Crippen molar-refractivity contribution in [3.63, 3.8) is 0 Å². The highest BCUT2D eigenvalue weighted by atomic mass is 32.2. The van der Waals surface area contributed by atoms with Crippen LogP contribution in [0, 0.1) is 0 Å². The van der Waals surface area contributed by atoms with Crippen molar-refractivity contribution in [3.8, 4) is 0 Å². The van der Waals surface area contributed by atoms with Gasteiger partial charge in [-0.05, 0) is 31.5 Å². The van der Waals surface area contributed by atoms with Crippen LogP contribution in [0.5, 0.6) is 0 Å². The summed E-state index contributed by atoms with van der Waals surface area (Å²) in [6.45, 7) is 2.99. The first-order valence-corrected chi connectivity index (χ1v) is 8.09.